The van der Waals surface area contributed by atoms with Crippen molar-refractivity contribution in [2.75, 3.05) is 0 Å². The maximum absolute atomic E-state index is 12.0. The highest BCUT2D eigenvalue weighted by atomic mass is 16.6. The number of nitrogens with zero attached hydrogens (tertiary/aromatic N) is 1. The number of nitro benzene ring substituents is 1. The zero-order valence-electron chi connectivity index (χ0n) is 12.2. The molecule has 0 aliphatic rings. The quantitative estimate of drug-likeness (QED) is 0.634. The van der Waals surface area contributed by atoms with Crippen LogP contribution in [0.25, 0.3) is 0 Å². The Kier molecular flexibility index (Phi) is 5.21. The Morgan fingerprint density at radius 1 is 1.14 bits per heavy atom. The summed E-state index contributed by atoms with van der Waals surface area (Å²) in [5.41, 5.74) is 7.11. The summed E-state index contributed by atoms with van der Waals surface area (Å²) in [4.78, 5) is 22.2. The summed E-state index contributed by atoms with van der Waals surface area (Å²) < 4.78 is 0. The van der Waals surface area contributed by atoms with Gasteiger partial charge in [0.15, 0.2) is 0 Å². The second-order valence-electron chi connectivity index (χ2n) is 4.77. The van der Waals surface area contributed by atoms with E-state index in [-0.39, 0.29) is 17.6 Å². The smallest absolute Gasteiger partial charge is 0.269 e. The van der Waals surface area contributed by atoms with E-state index in [0.29, 0.717) is 5.56 Å². The van der Waals surface area contributed by atoms with Gasteiger partial charge in [-0.2, -0.15) is 0 Å². The molecular weight excluding hydrogens is 282 g/mol. The van der Waals surface area contributed by atoms with Crippen LogP contribution in [-0.4, -0.2) is 10.8 Å². The van der Waals surface area contributed by atoms with Gasteiger partial charge in [-0.25, -0.2) is 5.43 Å². The van der Waals surface area contributed by atoms with Gasteiger partial charge < -0.3 is 0 Å². The lowest BCUT2D eigenvalue weighted by Crippen LogP contribution is -2.39. The predicted molar refractivity (Wildman–Crippen MR) is 83.2 cm³/mol. The molecule has 0 aromatic heterocycles. The van der Waals surface area contributed by atoms with E-state index < -0.39 is 4.92 Å². The minimum absolute atomic E-state index is 0.0481. The molecule has 1 amide bonds. The normalized spacial score (nSPS) is 11.7. The molecule has 0 fully saturated rings. The lowest BCUT2D eigenvalue weighted by atomic mass is 10.1. The molecule has 0 radical (unpaired) electrons. The first kappa shape index (κ1) is 15.7. The number of carbonyl (C=O) groups excluding carboxylic acids is 1. The molecule has 0 unspecified atom stereocenters. The molecule has 114 valence electrons. The molecule has 22 heavy (non-hydrogen) atoms. The van der Waals surface area contributed by atoms with Gasteiger partial charge in [-0.3, -0.25) is 20.3 Å². The number of benzene rings is 2. The summed E-state index contributed by atoms with van der Waals surface area (Å²) in [5, 5.41) is 10.7. The molecule has 0 saturated heterocycles. The van der Waals surface area contributed by atoms with Gasteiger partial charge in [-0.15, -0.1) is 0 Å². The second-order valence-corrected chi connectivity index (χ2v) is 4.77. The average Bonchev–Trinajstić information content (AvgIpc) is 2.56. The minimum Gasteiger partial charge on any atom is -0.287 e. The summed E-state index contributed by atoms with van der Waals surface area (Å²) >= 11 is 0. The third-order valence-electron chi connectivity index (χ3n) is 3.31. The van der Waals surface area contributed by atoms with Crippen LogP contribution in [0.1, 0.15) is 35.3 Å². The van der Waals surface area contributed by atoms with Crippen LogP contribution >= 0.6 is 0 Å². The first-order valence-electron chi connectivity index (χ1n) is 6.97. The standard InChI is InChI=1S/C16H17N3O3/c1-2-15(12-8-10-14(11-9-12)19(21)22)17-18-16(20)13-6-4-3-5-7-13/h3-11,15,17H,2H2,1H3,(H,18,20)/t15-/m0/s1. The monoisotopic (exact) mass is 299 g/mol. The molecule has 2 rings (SSSR count). The number of hydrogen-bond donors (Lipinski definition) is 2. The molecule has 6 heteroatoms. The molecule has 2 N–H and O–H groups in total. The highest BCUT2D eigenvalue weighted by Crippen LogP contribution is 2.19. The second kappa shape index (κ2) is 7.33. The van der Waals surface area contributed by atoms with Crippen molar-refractivity contribution < 1.29 is 9.72 Å². The molecular formula is C16H17N3O3. The Hall–Kier alpha value is -2.73. The first-order valence-corrected chi connectivity index (χ1v) is 6.97. The third-order valence-corrected chi connectivity index (χ3v) is 3.31. The van der Waals surface area contributed by atoms with Gasteiger partial charge in [0.05, 0.1) is 11.0 Å². The fourth-order valence-electron chi connectivity index (χ4n) is 2.06. The number of carbonyl (C=O) groups is 1. The summed E-state index contributed by atoms with van der Waals surface area (Å²) in [7, 11) is 0. The van der Waals surface area contributed by atoms with Crippen LogP contribution in [0.15, 0.2) is 54.6 Å². The van der Waals surface area contributed by atoms with Crippen molar-refractivity contribution in [2.45, 2.75) is 19.4 Å². The van der Waals surface area contributed by atoms with Crippen molar-refractivity contribution in [3.8, 4) is 0 Å². The van der Waals surface area contributed by atoms with Crippen LogP contribution in [-0.2, 0) is 0 Å². The van der Waals surface area contributed by atoms with Crippen LogP contribution in [0.5, 0.6) is 0 Å². The maximum Gasteiger partial charge on any atom is 0.269 e. The van der Waals surface area contributed by atoms with Gasteiger partial charge in [0, 0.05) is 17.7 Å². The highest BCUT2D eigenvalue weighted by molar-refractivity contribution is 5.93. The van der Waals surface area contributed by atoms with E-state index in [1.165, 1.54) is 12.1 Å². The third kappa shape index (κ3) is 3.89. The largest absolute Gasteiger partial charge is 0.287 e. The van der Waals surface area contributed by atoms with Gasteiger partial charge in [-0.1, -0.05) is 37.3 Å². The van der Waals surface area contributed by atoms with Crippen LogP contribution < -0.4 is 10.9 Å². The number of amides is 1. The Bertz CT molecular complexity index is 641. The van der Waals surface area contributed by atoms with E-state index in [2.05, 4.69) is 10.9 Å². The van der Waals surface area contributed by atoms with Crippen molar-refractivity contribution in [1.82, 2.24) is 10.9 Å². The van der Waals surface area contributed by atoms with Crippen LogP contribution in [0, 0.1) is 10.1 Å². The van der Waals surface area contributed by atoms with E-state index in [9.17, 15) is 14.9 Å². The molecule has 2 aromatic carbocycles. The summed E-state index contributed by atoms with van der Waals surface area (Å²) in [5.74, 6) is -0.221. The molecule has 0 saturated carbocycles. The van der Waals surface area contributed by atoms with E-state index >= 15 is 0 Å². The lowest BCUT2D eigenvalue weighted by molar-refractivity contribution is -0.384. The van der Waals surface area contributed by atoms with E-state index in [1.54, 1.807) is 36.4 Å². The summed E-state index contributed by atoms with van der Waals surface area (Å²) in [6.07, 6.45) is 0.729. The van der Waals surface area contributed by atoms with Gasteiger partial charge in [-0.05, 0) is 24.1 Å². The van der Waals surface area contributed by atoms with Crippen molar-refractivity contribution in [3.63, 3.8) is 0 Å². The van der Waals surface area contributed by atoms with Gasteiger partial charge >= 0.3 is 0 Å². The van der Waals surface area contributed by atoms with Gasteiger partial charge in [0.2, 0.25) is 0 Å². The molecule has 0 bridgehead atoms. The number of nitro groups is 1. The van der Waals surface area contributed by atoms with Gasteiger partial charge in [0.1, 0.15) is 0 Å². The van der Waals surface area contributed by atoms with Crippen molar-refractivity contribution in [2.24, 2.45) is 0 Å². The fourth-order valence-corrected chi connectivity index (χ4v) is 2.06. The number of non-ortho nitro benzene ring substituents is 1. The number of nitrogens with one attached hydrogen (secondary N) is 2. The number of hydrazine groups is 1. The maximum atomic E-state index is 12.0. The molecule has 0 aliphatic carbocycles. The minimum atomic E-state index is -0.435. The van der Waals surface area contributed by atoms with Crippen molar-refractivity contribution >= 4 is 11.6 Å². The highest BCUT2D eigenvalue weighted by Gasteiger charge is 2.13. The van der Waals surface area contributed by atoms with E-state index in [0.717, 1.165) is 12.0 Å². The Morgan fingerprint density at radius 2 is 1.77 bits per heavy atom. The lowest BCUT2D eigenvalue weighted by Gasteiger charge is -2.18. The van der Waals surface area contributed by atoms with Gasteiger partial charge in [0.25, 0.3) is 11.6 Å². The van der Waals surface area contributed by atoms with Crippen molar-refractivity contribution in [1.29, 1.82) is 0 Å². The molecule has 2 aromatic rings. The summed E-state index contributed by atoms with van der Waals surface area (Å²) in [6, 6.07) is 15.1. The SMILES string of the molecule is CC[C@H](NNC(=O)c1ccccc1)c1ccc([N+](=O)[O-])cc1. The topological polar surface area (TPSA) is 84.3 Å². The van der Waals surface area contributed by atoms with Crippen LogP contribution in [0.3, 0.4) is 0 Å². The first-order chi connectivity index (χ1) is 10.6. The van der Waals surface area contributed by atoms with Crippen LogP contribution in [0.2, 0.25) is 0 Å². The molecule has 0 aliphatic heterocycles. The number of rotatable bonds is 6. The summed E-state index contributed by atoms with van der Waals surface area (Å²) in [6.45, 7) is 1.97. The zero-order chi connectivity index (χ0) is 15.9. The average molecular weight is 299 g/mol. The van der Waals surface area contributed by atoms with Crippen LogP contribution in [0.4, 0.5) is 5.69 Å². The Balaban J connectivity index is 2.00. The Labute approximate surface area is 128 Å². The van der Waals surface area contributed by atoms with Crippen molar-refractivity contribution in [3.05, 3.63) is 75.8 Å². The van der Waals surface area contributed by atoms with E-state index in [4.69, 9.17) is 0 Å². The fraction of sp³-hybridized carbons (Fsp3) is 0.188. The predicted octanol–water partition coefficient (Wildman–Crippen LogP) is 2.98. The molecule has 1 atom stereocenters. The Morgan fingerprint density at radius 3 is 2.32 bits per heavy atom. The molecule has 0 spiro atoms. The molecule has 0 heterocycles. The van der Waals surface area contributed by atoms with E-state index in [1.807, 2.05) is 13.0 Å². The molecule has 6 nitrogen and oxygen atoms in total. The zero-order valence-corrected chi connectivity index (χ0v) is 12.2. The number of hydrogen-bond acceptors (Lipinski definition) is 4.